The molecule has 3 nitrogen and oxygen atoms in total. The summed E-state index contributed by atoms with van der Waals surface area (Å²) in [5, 5.41) is 11.0. The summed E-state index contributed by atoms with van der Waals surface area (Å²) in [6, 6.07) is 17.5. The van der Waals surface area contributed by atoms with Crippen molar-refractivity contribution < 1.29 is 14.0 Å². The van der Waals surface area contributed by atoms with Crippen LogP contribution in [0.2, 0.25) is 0 Å². The lowest BCUT2D eigenvalue weighted by Crippen LogP contribution is -2.17. The molecule has 4 rings (SSSR count). The van der Waals surface area contributed by atoms with Crippen molar-refractivity contribution in [3.63, 3.8) is 0 Å². The minimum atomic E-state index is -0.925. The SMILES string of the molecule is Cc1ccc(-c2ccc(F)cc2)cc1-c1c(O)c2ccccc2n(F)c1=O. The predicted octanol–water partition coefficient (Wildman–Crippen LogP) is 5.22. The smallest absolute Gasteiger partial charge is 0.290 e. The number of benzene rings is 3. The summed E-state index contributed by atoms with van der Waals surface area (Å²) in [6.07, 6.45) is 0. The molecule has 0 fully saturated rings. The average molecular weight is 363 g/mol. The number of aryl methyl sites for hydroxylation is 1. The van der Waals surface area contributed by atoms with Crippen LogP contribution in [0.4, 0.5) is 8.87 Å². The molecule has 0 aliphatic rings. The molecule has 3 aromatic carbocycles. The van der Waals surface area contributed by atoms with E-state index in [1.807, 2.05) is 6.07 Å². The fourth-order valence-corrected chi connectivity index (χ4v) is 3.24. The molecule has 0 spiro atoms. The second-order valence-corrected chi connectivity index (χ2v) is 6.36. The Hall–Kier alpha value is -3.47. The highest BCUT2D eigenvalue weighted by molar-refractivity contribution is 5.93. The first-order valence-electron chi connectivity index (χ1n) is 8.37. The van der Waals surface area contributed by atoms with E-state index in [1.165, 1.54) is 18.2 Å². The molecule has 0 amide bonds. The summed E-state index contributed by atoms with van der Waals surface area (Å²) in [7, 11) is 0. The third-order valence-corrected chi connectivity index (χ3v) is 4.68. The maximum Gasteiger partial charge on any atom is 0.290 e. The Bertz CT molecular complexity index is 1230. The van der Waals surface area contributed by atoms with E-state index in [-0.39, 0.29) is 32.8 Å². The maximum absolute atomic E-state index is 14.6. The molecule has 0 aliphatic carbocycles. The number of pyridine rings is 1. The molecule has 1 aromatic heterocycles. The van der Waals surface area contributed by atoms with Gasteiger partial charge in [-0.15, -0.1) is 4.79 Å². The molecule has 27 heavy (non-hydrogen) atoms. The molecular weight excluding hydrogens is 348 g/mol. The average Bonchev–Trinajstić information content (AvgIpc) is 2.68. The largest absolute Gasteiger partial charge is 0.506 e. The van der Waals surface area contributed by atoms with Gasteiger partial charge in [0.15, 0.2) is 0 Å². The van der Waals surface area contributed by atoms with Gasteiger partial charge in [-0.05, 0) is 59.5 Å². The van der Waals surface area contributed by atoms with Crippen molar-refractivity contribution >= 4 is 10.9 Å². The number of nitrogens with zero attached hydrogens (tertiary/aromatic N) is 1. The van der Waals surface area contributed by atoms with E-state index in [0.717, 1.165) is 11.1 Å². The minimum Gasteiger partial charge on any atom is -0.506 e. The van der Waals surface area contributed by atoms with Gasteiger partial charge in [-0.1, -0.05) is 40.9 Å². The van der Waals surface area contributed by atoms with Gasteiger partial charge < -0.3 is 5.11 Å². The van der Waals surface area contributed by atoms with E-state index in [0.29, 0.717) is 11.1 Å². The summed E-state index contributed by atoms with van der Waals surface area (Å²) in [4.78, 5) is 12.7. The molecule has 1 N–H and O–H groups in total. The summed E-state index contributed by atoms with van der Waals surface area (Å²) < 4.78 is 27.8. The van der Waals surface area contributed by atoms with Crippen LogP contribution < -0.4 is 5.56 Å². The molecule has 134 valence electrons. The van der Waals surface area contributed by atoms with Gasteiger partial charge in [0.05, 0.1) is 11.1 Å². The second kappa shape index (κ2) is 6.36. The van der Waals surface area contributed by atoms with Crippen molar-refractivity contribution in [3.05, 3.63) is 88.5 Å². The Labute approximate surface area is 153 Å². The van der Waals surface area contributed by atoms with Crippen molar-refractivity contribution in [1.82, 2.24) is 4.79 Å². The van der Waals surface area contributed by atoms with Gasteiger partial charge >= 0.3 is 0 Å². The van der Waals surface area contributed by atoms with Crippen LogP contribution in [0.1, 0.15) is 5.56 Å². The van der Waals surface area contributed by atoms with Crippen LogP contribution in [0.25, 0.3) is 33.2 Å². The highest BCUT2D eigenvalue weighted by atomic mass is 19.2. The summed E-state index contributed by atoms with van der Waals surface area (Å²) in [6.45, 7) is 1.78. The van der Waals surface area contributed by atoms with Crippen LogP contribution in [0.3, 0.4) is 0 Å². The maximum atomic E-state index is 14.6. The van der Waals surface area contributed by atoms with Crippen LogP contribution >= 0.6 is 0 Å². The molecule has 4 aromatic rings. The summed E-state index contributed by atoms with van der Waals surface area (Å²) in [5.41, 5.74) is 1.60. The lowest BCUT2D eigenvalue weighted by Gasteiger charge is -2.13. The number of halogens is 2. The zero-order chi connectivity index (χ0) is 19.1. The molecule has 0 saturated carbocycles. The lowest BCUT2D eigenvalue weighted by molar-refractivity contribution is 0.369. The number of hydrogen-bond acceptors (Lipinski definition) is 2. The molecule has 5 heteroatoms. The van der Waals surface area contributed by atoms with E-state index in [9.17, 15) is 18.8 Å². The molecule has 0 atom stereocenters. The van der Waals surface area contributed by atoms with E-state index in [4.69, 9.17) is 0 Å². The van der Waals surface area contributed by atoms with Crippen LogP contribution in [0.5, 0.6) is 5.75 Å². The second-order valence-electron chi connectivity index (χ2n) is 6.36. The van der Waals surface area contributed by atoms with Crippen molar-refractivity contribution in [1.29, 1.82) is 0 Å². The third-order valence-electron chi connectivity index (χ3n) is 4.68. The topological polar surface area (TPSA) is 42.2 Å². The third kappa shape index (κ3) is 2.77. The molecule has 0 bridgehead atoms. The molecule has 0 unspecified atom stereocenters. The molecular formula is C22H15F2NO2. The Balaban J connectivity index is 2.00. The quantitative estimate of drug-likeness (QED) is 0.530. The van der Waals surface area contributed by atoms with Gasteiger partial charge in [-0.3, -0.25) is 4.79 Å². The van der Waals surface area contributed by atoms with Crippen molar-refractivity contribution in [2.45, 2.75) is 6.92 Å². The summed E-state index contributed by atoms with van der Waals surface area (Å²) >= 11 is 0. The Morgan fingerprint density at radius 1 is 0.926 bits per heavy atom. The standard InChI is InChI=1S/C22H15F2NO2/c1-13-6-7-15(14-8-10-16(23)11-9-14)12-18(13)20-21(26)17-4-2-3-5-19(17)25(24)22(20)27/h2-12,26H,1H3. The Kier molecular flexibility index (Phi) is 4.00. The van der Waals surface area contributed by atoms with Gasteiger partial charge in [0, 0.05) is 5.39 Å². The Morgan fingerprint density at radius 2 is 1.59 bits per heavy atom. The predicted molar refractivity (Wildman–Crippen MR) is 102 cm³/mol. The molecule has 0 radical (unpaired) electrons. The van der Waals surface area contributed by atoms with Crippen LogP contribution in [-0.4, -0.2) is 9.90 Å². The fourth-order valence-electron chi connectivity index (χ4n) is 3.24. The summed E-state index contributed by atoms with van der Waals surface area (Å²) in [5.74, 6) is -0.609. The highest BCUT2D eigenvalue weighted by Crippen LogP contribution is 2.36. The fraction of sp³-hybridized carbons (Fsp3) is 0.0455. The first-order valence-corrected chi connectivity index (χ1v) is 8.37. The van der Waals surface area contributed by atoms with Gasteiger partial charge in [0.25, 0.3) is 5.56 Å². The van der Waals surface area contributed by atoms with Crippen LogP contribution in [0.15, 0.2) is 71.5 Å². The van der Waals surface area contributed by atoms with Gasteiger partial charge in [-0.25, -0.2) is 4.39 Å². The highest BCUT2D eigenvalue weighted by Gasteiger charge is 2.19. The monoisotopic (exact) mass is 363 g/mol. The van der Waals surface area contributed by atoms with Crippen molar-refractivity contribution in [3.8, 4) is 28.0 Å². The molecule has 0 saturated heterocycles. The minimum absolute atomic E-state index is 0.0103. The Morgan fingerprint density at radius 3 is 2.33 bits per heavy atom. The number of rotatable bonds is 2. The molecule has 1 heterocycles. The van der Waals surface area contributed by atoms with Gasteiger partial charge in [-0.2, -0.15) is 0 Å². The number of aromatic nitrogens is 1. The number of para-hydroxylation sites is 1. The van der Waals surface area contributed by atoms with Crippen LogP contribution in [0, 0.1) is 12.7 Å². The van der Waals surface area contributed by atoms with Crippen molar-refractivity contribution in [2.24, 2.45) is 0 Å². The van der Waals surface area contributed by atoms with E-state index in [2.05, 4.69) is 0 Å². The number of fused-ring (bicyclic) bond motifs is 1. The zero-order valence-electron chi connectivity index (χ0n) is 14.4. The van der Waals surface area contributed by atoms with Crippen LogP contribution in [-0.2, 0) is 0 Å². The molecule has 0 aliphatic heterocycles. The first-order chi connectivity index (χ1) is 13.0. The number of aromatic hydroxyl groups is 1. The van der Waals surface area contributed by atoms with E-state index < -0.39 is 5.56 Å². The lowest BCUT2D eigenvalue weighted by atomic mass is 9.94. The van der Waals surface area contributed by atoms with E-state index >= 15 is 0 Å². The van der Waals surface area contributed by atoms with Gasteiger partial charge in [0.2, 0.25) is 0 Å². The van der Waals surface area contributed by atoms with E-state index in [1.54, 1.807) is 49.4 Å². The van der Waals surface area contributed by atoms with Crippen molar-refractivity contribution in [2.75, 3.05) is 0 Å². The normalized spacial score (nSPS) is 11.1. The number of hydrogen-bond donors (Lipinski definition) is 1. The first kappa shape index (κ1) is 17.0. The van der Waals surface area contributed by atoms with Gasteiger partial charge in [0.1, 0.15) is 11.6 Å². The zero-order valence-corrected chi connectivity index (χ0v) is 14.4.